The largest absolute Gasteiger partial charge is 0.472 e. The lowest BCUT2D eigenvalue weighted by atomic mass is 9.99. The molecular weight excluding hydrogens is 1270 g/mol. The van der Waals surface area contributed by atoms with E-state index >= 15 is 0 Å². The Kier molecular flexibility index (Phi) is 67.1. The first-order valence-electron chi connectivity index (χ1n) is 40.4. The number of unbranched alkanes of at least 4 members (excludes halogenated alkanes) is 42. The van der Waals surface area contributed by atoms with Gasteiger partial charge in [-0.3, -0.25) is 37.3 Å². The van der Waals surface area contributed by atoms with Crippen molar-refractivity contribution in [2.75, 3.05) is 39.6 Å². The molecule has 0 heterocycles. The normalized spacial score (nSPS) is 14.6. The summed E-state index contributed by atoms with van der Waals surface area (Å²) in [7, 11) is -9.91. The van der Waals surface area contributed by atoms with Crippen LogP contribution >= 0.6 is 15.6 Å². The van der Waals surface area contributed by atoms with Gasteiger partial charge in [0, 0.05) is 25.7 Å². The predicted octanol–water partition coefficient (Wildman–Crippen LogP) is 23.0. The maximum Gasteiger partial charge on any atom is 0.472 e. The summed E-state index contributed by atoms with van der Waals surface area (Å²) in [5.74, 6) is 0.269. The van der Waals surface area contributed by atoms with Gasteiger partial charge in [0.2, 0.25) is 0 Å². The van der Waals surface area contributed by atoms with Crippen LogP contribution in [-0.2, 0) is 65.4 Å². The number of aliphatic hydroxyl groups excluding tert-OH is 1. The van der Waals surface area contributed by atoms with E-state index < -0.39 is 97.5 Å². The van der Waals surface area contributed by atoms with Crippen molar-refractivity contribution in [1.29, 1.82) is 0 Å². The fourth-order valence-corrected chi connectivity index (χ4v) is 13.5. The Hall–Kier alpha value is -1.94. The molecule has 97 heavy (non-hydrogen) atoms. The van der Waals surface area contributed by atoms with Gasteiger partial charge in [-0.15, -0.1) is 0 Å². The summed E-state index contributed by atoms with van der Waals surface area (Å²) in [5, 5.41) is 10.6. The Morgan fingerprint density at radius 1 is 0.299 bits per heavy atom. The molecule has 4 unspecified atom stereocenters. The highest BCUT2D eigenvalue weighted by atomic mass is 31.2. The molecular formula is C78H152O17P2. The highest BCUT2D eigenvalue weighted by molar-refractivity contribution is 7.47. The third kappa shape index (κ3) is 69.5. The smallest absolute Gasteiger partial charge is 0.462 e. The minimum Gasteiger partial charge on any atom is -0.462 e. The van der Waals surface area contributed by atoms with E-state index in [0.717, 1.165) is 114 Å². The minimum absolute atomic E-state index is 0.103. The second kappa shape index (κ2) is 68.5. The maximum absolute atomic E-state index is 13.1. The second-order valence-corrected chi connectivity index (χ2v) is 32.0. The van der Waals surface area contributed by atoms with Crippen molar-refractivity contribution in [2.24, 2.45) is 17.8 Å². The molecule has 0 rings (SSSR count). The predicted molar refractivity (Wildman–Crippen MR) is 395 cm³/mol. The summed E-state index contributed by atoms with van der Waals surface area (Å²) in [6.07, 6.45) is 55.7. The van der Waals surface area contributed by atoms with E-state index in [9.17, 15) is 43.2 Å². The molecule has 0 aromatic carbocycles. The van der Waals surface area contributed by atoms with Crippen molar-refractivity contribution >= 4 is 39.5 Å². The summed E-state index contributed by atoms with van der Waals surface area (Å²) in [5.41, 5.74) is 0. The maximum atomic E-state index is 13.1. The van der Waals surface area contributed by atoms with Gasteiger partial charge in [-0.2, -0.15) is 0 Å². The highest BCUT2D eigenvalue weighted by Crippen LogP contribution is 2.45. The molecule has 17 nitrogen and oxygen atoms in total. The number of rotatable bonds is 76. The van der Waals surface area contributed by atoms with E-state index in [1.165, 1.54) is 205 Å². The molecule has 0 aliphatic rings. The number of ether oxygens (including phenoxy) is 4. The number of hydrogen-bond donors (Lipinski definition) is 3. The Morgan fingerprint density at radius 2 is 0.526 bits per heavy atom. The molecule has 0 aromatic rings. The summed E-state index contributed by atoms with van der Waals surface area (Å²) < 4.78 is 68.5. The Balaban J connectivity index is 5.18. The minimum atomic E-state index is -4.96. The van der Waals surface area contributed by atoms with Crippen LogP contribution in [0.15, 0.2) is 0 Å². The molecule has 0 radical (unpaired) electrons. The van der Waals surface area contributed by atoms with Crippen LogP contribution < -0.4 is 0 Å². The fraction of sp³-hybridized carbons (Fsp3) is 0.949. The first-order chi connectivity index (χ1) is 46.8. The lowest BCUT2D eigenvalue weighted by molar-refractivity contribution is -0.161. The van der Waals surface area contributed by atoms with Crippen LogP contribution in [0, 0.1) is 17.8 Å². The Labute approximate surface area is 594 Å². The number of phosphoric acid groups is 2. The van der Waals surface area contributed by atoms with Crippen LogP contribution in [-0.4, -0.2) is 96.7 Å². The van der Waals surface area contributed by atoms with Gasteiger partial charge < -0.3 is 33.8 Å². The van der Waals surface area contributed by atoms with Crippen molar-refractivity contribution < 1.29 is 80.2 Å². The van der Waals surface area contributed by atoms with Crippen molar-refractivity contribution in [1.82, 2.24) is 0 Å². The first kappa shape index (κ1) is 95.1. The SMILES string of the molecule is CCCCCCCCCCC(=O)OC[C@H](COP(=O)(O)OC[C@H](O)COP(=O)(O)OC[C@@H](COC(=O)CCCCCCCCCCCCCCCCC(C)CC)OC(=O)CCCCCCCCCCCCCCCCCCCCC(C)C)OC(=O)CCCCCCCCC(C)CC. The average Bonchev–Trinajstić information content (AvgIpc) is 2.60. The zero-order valence-corrected chi connectivity index (χ0v) is 65.3. The van der Waals surface area contributed by atoms with E-state index in [1.54, 1.807) is 0 Å². The summed E-state index contributed by atoms with van der Waals surface area (Å²) in [4.78, 5) is 72.7. The zero-order chi connectivity index (χ0) is 71.6. The lowest BCUT2D eigenvalue weighted by Gasteiger charge is -2.21. The molecule has 0 fully saturated rings. The molecule has 0 spiro atoms. The number of hydrogen-bond acceptors (Lipinski definition) is 15. The van der Waals surface area contributed by atoms with E-state index in [0.29, 0.717) is 25.7 Å². The molecule has 7 atom stereocenters. The molecule has 0 saturated carbocycles. The molecule has 0 amide bonds. The number of phosphoric ester groups is 2. The third-order valence-electron chi connectivity index (χ3n) is 18.9. The van der Waals surface area contributed by atoms with E-state index in [-0.39, 0.29) is 25.7 Å². The topological polar surface area (TPSA) is 237 Å². The molecule has 576 valence electrons. The zero-order valence-electron chi connectivity index (χ0n) is 63.5. The van der Waals surface area contributed by atoms with Crippen LogP contribution in [0.2, 0.25) is 0 Å². The molecule has 0 bridgehead atoms. The van der Waals surface area contributed by atoms with Crippen molar-refractivity contribution in [2.45, 2.75) is 420 Å². The standard InChI is InChI=1S/C78H152O17P2/c1-8-11-12-13-14-37-45-52-59-75(80)88-66-74(95-78(83)62-55-48-41-40-44-51-58-71(7)10-3)68-93-97(86,87)91-64-72(79)63-90-96(84,85)92-67-73(65-89-76(81)60-53-46-38-33-29-25-22-21-24-28-32-36-43-50-57-70(6)9-2)94-77(82)61-54-47-39-34-30-26-20-18-16-15-17-19-23-27-31-35-42-49-56-69(4)5/h69-74,79H,8-68H2,1-7H3,(H,84,85)(H,86,87)/t70?,71?,72-,73-,74-/m1/s1. The third-order valence-corrected chi connectivity index (χ3v) is 20.8. The molecule has 0 aromatic heterocycles. The Bertz CT molecular complexity index is 1890. The van der Waals surface area contributed by atoms with Gasteiger partial charge in [0.05, 0.1) is 26.4 Å². The summed E-state index contributed by atoms with van der Waals surface area (Å²) in [6.45, 7) is 11.9. The van der Waals surface area contributed by atoms with Crippen molar-refractivity contribution in [3.8, 4) is 0 Å². The van der Waals surface area contributed by atoms with Crippen molar-refractivity contribution in [3.63, 3.8) is 0 Å². The lowest BCUT2D eigenvalue weighted by Crippen LogP contribution is -2.30. The van der Waals surface area contributed by atoms with Crippen LogP contribution in [0.4, 0.5) is 0 Å². The van der Waals surface area contributed by atoms with Crippen molar-refractivity contribution in [3.05, 3.63) is 0 Å². The van der Waals surface area contributed by atoms with Gasteiger partial charge in [-0.1, -0.05) is 350 Å². The number of aliphatic hydroxyl groups is 1. The van der Waals surface area contributed by atoms with Gasteiger partial charge in [0.25, 0.3) is 0 Å². The first-order valence-corrected chi connectivity index (χ1v) is 43.4. The molecule has 19 heteroatoms. The monoisotopic (exact) mass is 1420 g/mol. The number of carbonyl (C=O) groups excluding carboxylic acids is 4. The molecule has 3 N–H and O–H groups in total. The summed E-state index contributed by atoms with van der Waals surface area (Å²) >= 11 is 0. The van der Waals surface area contributed by atoms with Crippen LogP contribution in [0.5, 0.6) is 0 Å². The quantitative estimate of drug-likeness (QED) is 0.0222. The average molecular weight is 1420 g/mol. The number of carbonyl (C=O) groups is 4. The van der Waals surface area contributed by atoms with Crippen LogP contribution in [0.1, 0.15) is 402 Å². The van der Waals surface area contributed by atoms with Gasteiger partial charge in [-0.25, -0.2) is 9.13 Å². The summed E-state index contributed by atoms with van der Waals surface area (Å²) in [6, 6.07) is 0. The van der Waals surface area contributed by atoms with Gasteiger partial charge in [0.1, 0.15) is 19.3 Å². The van der Waals surface area contributed by atoms with E-state index in [4.69, 9.17) is 37.0 Å². The number of esters is 4. The van der Waals surface area contributed by atoms with Gasteiger partial charge >= 0.3 is 39.5 Å². The molecule has 0 aliphatic heterocycles. The second-order valence-electron chi connectivity index (χ2n) is 29.1. The molecule has 0 saturated heterocycles. The van der Waals surface area contributed by atoms with Crippen LogP contribution in [0.3, 0.4) is 0 Å². The fourth-order valence-electron chi connectivity index (χ4n) is 11.9. The van der Waals surface area contributed by atoms with Crippen LogP contribution in [0.25, 0.3) is 0 Å². The van der Waals surface area contributed by atoms with Gasteiger partial charge in [-0.05, 0) is 43.4 Å². The van der Waals surface area contributed by atoms with E-state index in [2.05, 4.69) is 48.5 Å². The highest BCUT2D eigenvalue weighted by Gasteiger charge is 2.30. The van der Waals surface area contributed by atoms with E-state index in [1.807, 2.05) is 0 Å². The molecule has 0 aliphatic carbocycles. The van der Waals surface area contributed by atoms with Gasteiger partial charge in [0.15, 0.2) is 12.2 Å². The Morgan fingerprint density at radius 3 is 0.784 bits per heavy atom.